The SMILES string of the molecule is CN(Cc1ccccn1)Cc1ccccc1C(=O)O. The molecule has 1 aromatic carbocycles. The Labute approximate surface area is 112 Å². The van der Waals surface area contributed by atoms with Gasteiger partial charge in [-0.1, -0.05) is 24.3 Å². The van der Waals surface area contributed by atoms with E-state index in [2.05, 4.69) is 4.98 Å². The second-order valence-electron chi connectivity index (χ2n) is 4.46. The first-order valence-corrected chi connectivity index (χ1v) is 6.06. The van der Waals surface area contributed by atoms with E-state index in [1.54, 1.807) is 18.3 Å². The van der Waals surface area contributed by atoms with Crippen LogP contribution >= 0.6 is 0 Å². The lowest BCUT2D eigenvalue weighted by atomic mass is 10.1. The van der Waals surface area contributed by atoms with Gasteiger partial charge in [0.15, 0.2) is 0 Å². The van der Waals surface area contributed by atoms with Gasteiger partial charge in [0.1, 0.15) is 0 Å². The van der Waals surface area contributed by atoms with Gasteiger partial charge >= 0.3 is 5.97 Å². The predicted molar refractivity (Wildman–Crippen MR) is 72.8 cm³/mol. The molecule has 98 valence electrons. The number of carboxylic acids is 1. The molecular formula is C15H16N2O2. The predicted octanol–water partition coefficient (Wildman–Crippen LogP) is 2.41. The van der Waals surface area contributed by atoms with Crippen molar-refractivity contribution in [2.45, 2.75) is 13.1 Å². The van der Waals surface area contributed by atoms with Crippen LogP contribution in [-0.4, -0.2) is 28.0 Å². The fourth-order valence-corrected chi connectivity index (χ4v) is 1.98. The zero-order valence-electron chi connectivity index (χ0n) is 10.8. The van der Waals surface area contributed by atoms with E-state index >= 15 is 0 Å². The molecule has 0 saturated carbocycles. The highest BCUT2D eigenvalue weighted by molar-refractivity contribution is 5.89. The normalized spacial score (nSPS) is 10.6. The topological polar surface area (TPSA) is 53.4 Å². The Kier molecular flexibility index (Phi) is 4.26. The number of rotatable bonds is 5. The summed E-state index contributed by atoms with van der Waals surface area (Å²) in [5.74, 6) is -0.887. The van der Waals surface area contributed by atoms with Gasteiger partial charge < -0.3 is 5.11 Å². The summed E-state index contributed by atoms with van der Waals surface area (Å²) in [4.78, 5) is 17.4. The molecule has 0 aliphatic rings. The molecule has 2 rings (SSSR count). The molecular weight excluding hydrogens is 240 g/mol. The number of hydrogen-bond acceptors (Lipinski definition) is 3. The molecule has 0 atom stereocenters. The van der Waals surface area contributed by atoms with Crippen LogP contribution in [0.3, 0.4) is 0 Å². The van der Waals surface area contributed by atoms with Crippen molar-refractivity contribution in [3.8, 4) is 0 Å². The van der Waals surface area contributed by atoms with Crippen LogP contribution in [0.15, 0.2) is 48.7 Å². The maximum atomic E-state index is 11.1. The van der Waals surface area contributed by atoms with Gasteiger partial charge in [-0.05, 0) is 30.8 Å². The monoisotopic (exact) mass is 256 g/mol. The van der Waals surface area contributed by atoms with Gasteiger partial charge in [-0.3, -0.25) is 9.88 Å². The number of benzene rings is 1. The fraction of sp³-hybridized carbons (Fsp3) is 0.200. The van der Waals surface area contributed by atoms with E-state index in [0.717, 1.165) is 11.3 Å². The lowest BCUT2D eigenvalue weighted by Gasteiger charge is -2.17. The zero-order chi connectivity index (χ0) is 13.7. The van der Waals surface area contributed by atoms with Gasteiger partial charge in [-0.2, -0.15) is 0 Å². The molecule has 0 bridgehead atoms. The number of nitrogens with zero attached hydrogens (tertiary/aromatic N) is 2. The van der Waals surface area contributed by atoms with Crippen molar-refractivity contribution in [2.24, 2.45) is 0 Å². The minimum Gasteiger partial charge on any atom is -0.478 e. The Balaban J connectivity index is 2.07. The average molecular weight is 256 g/mol. The van der Waals surface area contributed by atoms with E-state index < -0.39 is 5.97 Å². The van der Waals surface area contributed by atoms with Crippen molar-refractivity contribution in [3.63, 3.8) is 0 Å². The second-order valence-corrected chi connectivity index (χ2v) is 4.46. The van der Waals surface area contributed by atoms with Crippen LogP contribution < -0.4 is 0 Å². The van der Waals surface area contributed by atoms with Gasteiger partial charge in [-0.25, -0.2) is 4.79 Å². The smallest absolute Gasteiger partial charge is 0.336 e. The maximum Gasteiger partial charge on any atom is 0.336 e. The summed E-state index contributed by atoms with van der Waals surface area (Å²) in [6.45, 7) is 1.27. The van der Waals surface area contributed by atoms with Crippen molar-refractivity contribution in [1.82, 2.24) is 9.88 Å². The Morgan fingerprint density at radius 3 is 2.58 bits per heavy atom. The van der Waals surface area contributed by atoms with Crippen molar-refractivity contribution >= 4 is 5.97 Å². The lowest BCUT2D eigenvalue weighted by molar-refractivity contribution is 0.0694. The molecule has 0 aliphatic carbocycles. The average Bonchev–Trinajstić information content (AvgIpc) is 2.40. The molecule has 0 amide bonds. The molecule has 4 nitrogen and oxygen atoms in total. The molecule has 2 aromatic rings. The minimum atomic E-state index is -0.887. The third-order valence-electron chi connectivity index (χ3n) is 2.85. The van der Waals surface area contributed by atoms with Crippen molar-refractivity contribution in [1.29, 1.82) is 0 Å². The first-order chi connectivity index (χ1) is 9.16. The highest BCUT2D eigenvalue weighted by Crippen LogP contribution is 2.12. The number of pyridine rings is 1. The minimum absolute atomic E-state index is 0.357. The van der Waals surface area contributed by atoms with Crippen LogP contribution in [0, 0.1) is 0 Å². The Morgan fingerprint density at radius 2 is 1.89 bits per heavy atom. The summed E-state index contributed by atoms with van der Waals surface area (Å²) in [5.41, 5.74) is 2.14. The van der Waals surface area contributed by atoms with E-state index in [1.165, 1.54) is 0 Å². The molecule has 0 spiro atoms. The lowest BCUT2D eigenvalue weighted by Crippen LogP contribution is -2.19. The molecule has 0 unspecified atom stereocenters. The standard InChI is InChI=1S/C15H16N2O2/c1-17(11-13-7-4-5-9-16-13)10-12-6-2-3-8-14(12)15(18)19/h2-9H,10-11H2,1H3,(H,18,19). The first kappa shape index (κ1) is 13.2. The number of hydrogen-bond donors (Lipinski definition) is 1. The number of aromatic carboxylic acids is 1. The zero-order valence-corrected chi connectivity index (χ0v) is 10.8. The second kappa shape index (κ2) is 6.11. The summed E-state index contributed by atoms with van der Waals surface area (Å²) in [6.07, 6.45) is 1.76. The number of carbonyl (C=O) groups is 1. The van der Waals surface area contributed by atoms with Gasteiger partial charge in [0.2, 0.25) is 0 Å². The van der Waals surface area contributed by atoms with Crippen LogP contribution in [-0.2, 0) is 13.1 Å². The molecule has 1 aromatic heterocycles. The summed E-state index contributed by atoms with van der Waals surface area (Å²) in [7, 11) is 1.95. The molecule has 19 heavy (non-hydrogen) atoms. The highest BCUT2D eigenvalue weighted by Gasteiger charge is 2.11. The summed E-state index contributed by atoms with van der Waals surface area (Å²) >= 11 is 0. The Morgan fingerprint density at radius 1 is 1.16 bits per heavy atom. The maximum absolute atomic E-state index is 11.1. The third kappa shape index (κ3) is 3.63. The van der Waals surface area contributed by atoms with Crippen LogP contribution in [0.5, 0.6) is 0 Å². The molecule has 1 heterocycles. The Bertz CT molecular complexity index is 555. The quantitative estimate of drug-likeness (QED) is 0.892. The van der Waals surface area contributed by atoms with Crippen LogP contribution in [0.2, 0.25) is 0 Å². The molecule has 4 heteroatoms. The molecule has 0 saturated heterocycles. The van der Waals surface area contributed by atoms with E-state index in [9.17, 15) is 4.79 Å². The molecule has 0 radical (unpaired) electrons. The summed E-state index contributed by atoms with van der Waals surface area (Å²) < 4.78 is 0. The highest BCUT2D eigenvalue weighted by atomic mass is 16.4. The fourth-order valence-electron chi connectivity index (χ4n) is 1.98. The van der Waals surface area contributed by atoms with Gasteiger partial charge in [-0.15, -0.1) is 0 Å². The third-order valence-corrected chi connectivity index (χ3v) is 2.85. The van der Waals surface area contributed by atoms with Crippen LogP contribution in [0.4, 0.5) is 0 Å². The van der Waals surface area contributed by atoms with Gasteiger partial charge in [0, 0.05) is 19.3 Å². The van der Waals surface area contributed by atoms with Crippen molar-refractivity contribution in [3.05, 3.63) is 65.5 Å². The summed E-state index contributed by atoms with van der Waals surface area (Å²) in [5, 5.41) is 9.14. The van der Waals surface area contributed by atoms with E-state index in [1.807, 2.05) is 42.3 Å². The Hall–Kier alpha value is -2.20. The molecule has 0 fully saturated rings. The number of aromatic nitrogens is 1. The molecule has 0 aliphatic heterocycles. The largest absolute Gasteiger partial charge is 0.478 e. The summed E-state index contributed by atoms with van der Waals surface area (Å²) in [6, 6.07) is 12.9. The first-order valence-electron chi connectivity index (χ1n) is 6.06. The van der Waals surface area contributed by atoms with Crippen LogP contribution in [0.25, 0.3) is 0 Å². The number of carboxylic acid groups (broad SMARTS) is 1. The van der Waals surface area contributed by atoms with Crippen molar-refractivity contribution < 1.29 is 9.90 Å². The van der Waals surface area contributed by atoms with E-state index in [-0.39, 0.29) is 0 Å². The van der Waals surface area contributed by atoms with Crippen LogP contribution in [0.1, 0.15) is 21.6 Å². The molecule has 1 N–H and O–H groups in total. The van der Waals surface area contributed by atoms with E-state index in [0.29, 0.717) is 18.7 Å². The van der Waals surface area contributed by atoms with Gasteiger partial charge in [0.25, 0.3) is 0 Å². The van der Waals surface area contributed by atoms with Crippen molar-refractivity contribution in [2.75, 3.05) is 7.05 Å². The van der Waals surface area contributed by atoms with Gasteiger partial charge in [0.05, 0.1) is 11.3 Å². The van der Waals surface area contributed by atoms with E-state index in [4.69, 9.17) is 5.11 Å².